The Morgan fingerprint density at radius 2 is 1.55 bits per heavy atom. The van der Waals surface area contributed by atoms with Gasteiger partial charge < -0.3 is 14.8 Å². The van der Waals surface area contributed by atoms with Gasteiger partial charge in [0.05, 0.1) is 13.2 Å². The number of benzene rings is 3. The number of ether oxygens (including phenoxy) is 2. The lowest BCUT2D eigenvalue weighted by Crippen LogP contribution is -2.28. The summed E-state index contributed by atoms with van der Waals surface area (Å²) in [7, 11) is 0. The summed E-state index contributed by atoms with van der Waals surface area (Å²) in [6.45, 7) is -0.879. The molecule has 162 valence electrons. The van der Waals surface area contributed by atoms with Crippen molar-refractivity contribution in [2.45, 2.75) is 12.8 Å². The Bertz CT molecular complexity index is 973. The van der Waals surface area contributed by atoms with Crippen LogP contribution in [0.5, 0.6) is 5.75 Å². The van der Waals surface area contributed by atoms with Gasteiger partial charge in [-0.25, -0.2) is 0 Å². The van der Waals surface area contributed by atoms with E-state index in [0.717, 1.165) is 16.9 Å². The molecule has 31 heavy (non-hydrogen) atoms. The normalized spacial score (nSPS) is 11.2. The van der Waals surface area contributed by atoms with Crippen LogP contribution in [-0.2, 0) is 11.3 Å². The predicted octanol–water partition coefficient (Wildman–Crippen LogP) is 5.24. The first-order valence-corrected chi connectivity index (χ1v) is 9.71. The highest BCUT2D eigenvalue weighted by molar-refractivity contribution is 5.94. The van der Waals surface area contributed by atoms with E-state index in [9.17, 15) is 18.0 Å². The van der Waals surface area contributed by atoms with Gasteiger partial charge in [-0.1, -0.05) is 60.7 Å². The fraction of sp³-hybridized carbons (Fsp3) is 0.208. The number of nitrogens with one attached hydrogen (secondary N) is 1. The molecule has 0 unspecified atom stereocenters. The standard InChI is InChI=1S/C24H22F3NO3/c25-24(26,27)17-30-16-18-10-12-20(13-11-18)23(29)28-14-15-31-22-9-5-4-8-21(22)19-6-2-1-3-7-19/h1-13H,14-17H2,(H,28,29). The predicted molar refractivity (Wildman–Crippen MR) is 112 cm³/mol. The largest absolute Gasteiger partial charge is 0.491 e. The quantitative estimate of drug-likeness (QED) is 0.473. The molecule has 0 aliphatic rings. The van der Waals surface area contributed by atoms with Gasteiger partial charge in [0.2, 0.25) is 0 Å². The summed E-state index contributed by atoms with van der Waals surface area (Å²) in [4.78, 5) is 12.3. The summed E-state index contributed by atoms with van der Waals surface area (Å²) in [6.07, 6.45) is -4.36. The number of hydrogen-bond acceptors (Lipinski definition) is 3. The van der Waals surface area contributed by atoms with Crippen molar-refractivity contribution in [3.05, 3.63) is 90.0 Å². The summed E-state index contributed by atoms with van der Waals surface area (Å²) in [6, 6.07) is 23.8. The molecule has 0 fully saturated rings. The molecule has 3 rings (SSSR count). The van der Waals surface area contributed by atoms with Gasteiger partial charge in [0.1, 0.15) is 19.0 Å². The van der Waals surface area contributed by atoms with Gasteiger partial charge in [0, 0.05) is 11.1 Å². The van der Waals surface area contributed by atoms with Crippen molar-refractivity contribution in [3.63, 3.8) is 0 Å². The molecule has 0 spiro atoms. The SMILES string of the molecule is O=C(NCCOc1ccccc1-c1ccccc1)c1ccc(COCC(F)(F)F)cc1. The van der Waals surface area contributed by atoms with Crippen molar-refractivity contribution in [2.75, 3.05) is 19.8 Å². The second-order valence-corrected chi connectivity index (χ2v) is 6.77. The molecule has 0 saturated heterocycles. The maximum Gasteiger partial charge on any atom is 0.411 e. The van der Waals surface area contributed by atoms with Crippen LogP contribution in [0.1, 0.15) is 15.9 Å². The number of hydrogen-bond donors (Lipinski definition) is 1. The number of para-hydroxylation sites is 1. The summed E-state index contributed by atoms with van der Waals surface area (Å²) in [5.74, 6) is 0.439. The minimum Gasteiger partial charge on any atom is -0.491 e. The molecule has 3 aromatic rings. The van der Waals surface area contributed by atoms with Crippen LogP contribution >= 0.6 is 0 Å². The second kappa shape index (κ2) is 10.6. The van der Waals surface area contributed by atoms with Crippen molar-refractivity contribution in [1.82, 2.24) is 5.32 Å². The van der Waals surface area contributed by atoms with Crippen molar-refractivity contribution in [2.24, 2.45) is 0 Å². The third kappa shape index (κ3) is 7.15. The minimum atomic E-state index is -4.36. The summed E-state index contributed by atoms with van der Waals surface area (Å²) < 4.78 is 46.8. The molecule has 0 aliphatic carbocycles. The van der Waals surface area contributed by atoms with Crippen molar-refractivity contribution < 1.29 is 27.4 Å². The number of alkyl halides is 3. The smallest absolute Gasteiger partial charge is 0.411 e. The molecule has 4 nitrogen and oxygen atoms in total. The Kier molecular flexibility index (Phi) is 7.67. The Morgan fingerprint density at radius 3 is 2.26 bits per heavy atom. The van der Waals surface area contributed by atoms with Crippen LogP contribution in [0.3, 0.4) is 0 Å². The van der Waals surface area contributed by atoms with E-state index in [0.29, 0.717) is 24.3 Å². The van der Waals surface area contributed by atoms with E-state index in [1.54, 1.807) is 24.3 Å². The first-order valence-electron chi connectivity index (χ1n) is 9.71. The average Bonchev–Trinajstić information content (AvgIpc) is 2.77. The third-order valence-electron chi connectivity index (χ3n) is 4.37. The van der Waals surface area contributed by atoms with Crippen LogP contribution < -0.4 is 10.1 Å². The molecule has 1 amide bonds. The average molecular weight is 429 g/mol. The van der Waals surface area contributed by atoms with Crippen molar-refractivity contribution in [1.29, 1.82) is 0 Å². The highest BCUT2D eigenvalue weighted by atomic mass is 19.4. The van der Waals surface area contributed by atoms with Gasteiger partial charge in [0.15, 0.2) is 0 Å². The molecule has 0 bridgehead atoms. The van der Waals surface area contributed by atoms with E-state index >= 15 is 0 Å². The number of rotatable bonds is 9. The number of amides is 1. The fourth-order valence-electron chi connectivity index (χ4n) is 2.91. The van der Waals surface area contributed by atoms with E-state index in [1.165, 1.54) is 0 Å². The number of carbonyl (C=O) groups excluding carboxylic acids is 1. The Balaban J connectivity index is 1.46. The second-order valence-electron chi connectivity index (χ2n) is 6.77. The molecule has 0 radical (unpaired) electrons. The molecule has 0 heterocycles. The molecule has 0 aliphatic heterocycles. The van der Waals surface area contributed by atoms with Crippen LogP contribution in [0.25, 0.3) is 11.1 Å². The molecule has 0 aromatic heterocycles. The molecule has 0 atom stereocenters. The first kappa shape index (κ1) is 22.4. The lowest BCUT2D eigenvalue weighted by molar-refractivity contribution is -0.176. The Hall–Kier alpha value is -3.32. The highest BCUT2D eigenvalue weighted by Crippen LogP contribution is 2.29. The van der Waals surface area contributed by atoms with E-state index < -0.39 is 12.8 Å². The lowest BCUT2D eigenvalue weighted by Gasteiger charge is -2.12. The van der Waals surface area contributed by atoms with Gasteiger partial charge in [-0.15, -0.1) is 0 Å². The maximum absolute atomic E-state index is 12.3. The molecular weight excluding hydrogens is 407 g/mol. The highest BCUT2D eigenvalue weighted by Gasteiger charge is 2.27. The molecule has 7 heteroatoms. The van der Waals surface area contributed by atoms with Crippen LogP contribution in [-0.4, -0.2) is 31.8 Å². The van der Waals surface area contributed by atoms with Gasteiger partial charge in [-0.3, -0.25) is 4.79 Å². The third-order valence-corrected chi connectivity index (χ3v) is 4.37. The van der Waals surface area contributed by atoms with Crippen LogP contribution in [0.15, 0.2) is 78.9 Å². The Labute approximate surface area is 178 Å². The molecule has 0 saturated carbocycles. The van der Waals surface area contributed by atoms with Crippen molar-refractivity contribution in [3.8, 4) is 16.9 Å². The van der Waals surface area contributed by atoms with Crippen molar-refractivity contribution >= 4 is 5.91 Å². The van der Waals surface area contributed by atoms with E-state index in [1.807, 2.05) is 54.6 Å². The van der Waals surface area contributed by atoms with E-state index in [-0.39, 0.29) is 12.5 Å². The van der Waals surface area contributed by atoms with E-state index in [2.05, 4.69) is 10.1 Å². The number of halogens is 3. The van der Waals surface area contributed by atoms with Crippen LogP contribution in [0.2, 0.25) is 0 Å². The zero-order valence-corrected chi connectivity index (χ0v) is 16.7. The summed E-state index contributed by atoms with van der Waals surface area (Å²) >= 11 is 0. The Morgan fingerprint density at radius 1 is 0.871 bits per heavy atom. The number of carbonyl (C=O) groups is 1. The topological polar surface area (TPSA) is 47.6 Å². The first-order chi connectivity index (χ1) is 14.9. The van der Waals surface area contributed by atoms with Crippen LogP contribution in [0, 0.1) is 0 Å². The van der Waals surface area contributed by atoms with Gasteiger partial charge in [-0.05, 0) is 29.3 Å². The fourth-order valence-corrected chi connectivity index (χ4v) is 2.91. The monoisotopic (exact) mass is 429 g/mol. The zero-order valence-electron chi connectivity index (χ0n) is 16.7. The maximum atomic E-state index is 12.3. The van der Waals surface area contributed by atoms with Gasteiger partial charge in [-0.2, -0.15) is 13.2 Å². The van der Waals surface area contributed by atoms with Crippen LogP contribution in [0.4, 0.5) is 13.2 Å². The molecule has 1 N–H and O–H groups in total. The lowest BCUT2D eigenvalue weighted by atomic mass is 10.1. The van der Waals surface area contributed by atoms with Gasteiger partial charge in [0.25, 0.3) is 5.91 Å². The van der Waals surface area contributed by atoms with E-state index in [4.69, 9.17) is 4.74 Å². The summed E-state index contributed by atoms with van der Waals surface area (Å²) in [5, 5.41) is 2.77. The van der Waals surface area contributed by atoms with Gasteiger partial charge >= 0.3 is 6.18 Å². The minimum absolute atomic E-state index is 0.171. The molecule has 3 aromatic carbocycles. The zero-order chi connectivity index (χ0) is 22.1. The molecular formula is C24H22F3NO3. The summed E-state index contributed by atoms with van der Waals surface area (Å²) in [5.41, 5.74) is 2.98.